The summed E-state index contributed by atoms with van der Waals surface area (Å²) in [6, 6.07) is 8.76. The lowest BCUT2D eigenvalue weighted by molar-refractivity contribution is -0.113. The van der Waals surface area contributed by atoms with E-state index in [1.165, 1.54) is 0 Å². The van der Waals surface area contributed by atoms with Gasteiger partial charge in [-0.3, -0.25) is 4.55 Å². The maximum atomic E-state index is 10.5. The van der Waals surface area contributed by atoms with E-state index in [2.05, 4.69) is 4.18 Å². The molecule has 15 heavy (non-hydrogen) atoms. The fourth-order valence-corrected chi connectivity index (χ4v) is 1.53. The Morgan fingerprint density at radius 1 is 1.33 bits per heavy atom. The van der Waals surface area contributed by atoms with Crippen LogP contribution in [0.5, 0.6) is 0 Å². The third-order valence-electron chi connectivity index (χ3n) is 1.68. The van der Waals surface area contributed by atoms with Gasteiger partial charge in [-0.05, 0) is 5.56 Å². The number of benzene rings is 1. The Morgan fingerprint density at radius 3 is 2.40 bits per heavy atom. The van der Waals surface area contributed by atoms with Crippen molar-refractivity contribution in [2.75, 3.05) is 0 Å². The Hall–Kier alpha value is -1.24. The molecular weight excluding hydrogens is 220 g/mol. The summed E-state index contributed by atoms with van der Waals surface area (Å²) in [6.07, 6.45) is -0.757. The average Bonchev–Trinajstić information content (AvgIpc) is 2.16. The first kappa shape index (κ1) is 11.8. The van der Waals surface area contributed by atoms with Gasteiger partial charge in [0.1, 0.15) is 6.10 Å². The van der Waals surface area contributed by atoms with E-state index in [0.29, 0.717) is 6.29 Å². The van der Waals surface area contributed by atoms with Gasteiger partial charge >= 0.3 is 10.4 Å². The van der Waals surface area contributed by atoms with E-state index in [4.69, 9.17) is 4.55 Å². The molecule has 6 heteroatoms. The molecule has 0 aromatic heterocycles. The van der Waals surface area contributed by atoms with Crippen molar-refractivity contribution >= 4 is 16.7 Å². The van der Waals surface area contributed by atoms with Gasteiger partial charge in [0, 0.05) is 6.42 Å². The highest BCUT2D eigenvalue weighted by Crippen LogP contribution is 2.06. The summed E-state index contributed by atoms with van der Waals surface area (Å²) in [4.78, 5) is 10.5. The van der Waals surface area contributed by atoms with Crippen LogP contribution in [0.1, 0.15) is 5.56 Å². The van der Waals surface area contributed by atoms with Crippen LogP contribution in [-0.4, -0.2) is 25.4 Å². The molecule has 0 saturated heterocycles. The molecule has 5 nitrogen and oxygen atoms in total. The van der Waals surface area contributed by atoms with E-state index in [1.807, 2.05) is 0 Å². The third kappa shape index (κ3) is 4.68. The Morgan fingerprint density at radius 2 is 1.93 bits per heavy atom. The van der Waals surface area contributed by atoms with Crippen LogP contribution in [0.25, 0.3) is 0 Å². The number of carbonyl (C=O) groups is 1. The fourth-order valence-electron chi connectivity index (χ4n) is 1.11. The molecule has 1 N–H and O–H groups in total. The monoisotopic (exact) mass is 230 g/mol. The molecule has 0 amide bonds. The van der Waals surface area contributed by atoms with Gasteiger partial charge in [-0.25, -0.2) is 4.18 Å². The van der Waals surface area contributed by atoms with Gasteiger partial charge in [0.05, 0.1) is 0 Å². The van der Waals surface area contributed by atoms with Crippen molar-refractivity contribution in [3.05, 3.63) is 35.9 Å². The number of carbonyl (C=O) groups excluding carboxylic acids is 1. The van der Waals surface area contributed by atoms with Gasteiger partial charge in [-0.15, -0.1) is 0 Å². The lowest BCUT2D eigenvalue weighted by Gasteiger charge is -2.08. The summed E-state index contributed by atoms with van der Waals surface area (Å²) in [5, 5.41) is 0. The number of hydrogen-bond donors (Lipinski definition) is 1. The van der Waals surface area contributed by atoms with E-state index in [0.717, 1.165) is 5.56 Å². The molecule has 0 aliphatic heterocycles. The van der Waals surface area contributed by atoms with Crippen molar-refractivity contribution < 1.29 is 21.9 Å². The number of rotatable bonds is 5. The molecular formula is C9H10O5S. The van der Waals surface area contributed by atoms with Crippen molar-refractivity contribution in [1.29, 1.82) is 0 Å². The van der Waals surface area contributed by atoms with Crippen LogP contribution in [0, 0.1) is 0 Å². The molecule has 82 valence electrons. The van der Waals surface area contributed by atoms with E-state index in [1.54, 1.807) is 30.3 Å². The third-order valence-corrected chi connectivity index (χ3v) is 2.17. The number of aldehydes is 1. The maximum absolute atomic E-state index is 10.5. The molecule has 0 saturated carbocycles. The first-order valence-electron chi connectivity index (χ1n) is 4.16. The van der Waals surface area contributed by atoms with Crippen molar-refractivity contribution in [2.45, 2.75) is 12.5 Å². The van der Waals surface area contributed by atoms with Crippen LogP contribution in [0.15, 0.2) is 30.3 Å². The molecule has 1 unspecified atom stereocenters. The smallest absolute Gasteiger partial charge is 0.300 e. The van der Waals surface area contributed by atoms with Crippen LogP contribution < -0.4 is 0 Å². The standard InChI is InChI=1S/C9H10O5S/c10-7-9(14-15(11,12)13)6-8-4-2-1-3-5-8/h1-5,7,9H,6H2,(H,11,12,13). The largest absolute Gasteiger partial charge is 0.398 e. The van der Waals surface area contributed by atoms with E-state index in [9.17, 15) is 13.2 Å². The molecule has 0 radical (unpaired) electrons. The molecule has 0 spiro atoms. The molecule has 0 fully saturated rings. The molecule has 1 atom stereocenters. The zero-order valence-corrected chi connectivity index (χ0v) is 8.55. The van der Waals surface area contributed by atoms with Gasteiger partial charge in [-0.2, -0.15) is 8.42 Å². The zero-order valence-electron chi connectivity index (χ0n) is 7.74. The van der Waals surface area contributed by atoms with Crippen LogP contribution in [0.4, 0.5) is 0 Å². The van der Waals surface area contributed by atoms with Gasteiger partial charge in [-0.1, -0.05) is 30.3 Å². The van der Waals surface area contributed by atoms with Gasteiger partial charge in [0.2, 0.25) is 0 Å². The quantitative estimate of drug-likeness (QED) is 0.592. The minimum absolute atomic E-state index is 0.101. The summed E-state index contributed by atoms with van der Waals surface area (Å²) < 4.78 is 33.3. The normalized spacial score (nSPS) is 13.4. The predicted molar refractivity (Wildman–Crippen MR) is 52.6 cm³/mol. The topological polar surface area (TPSA) is 80.7 Å². The summed E-state index contributed by atoms with van der Waals surface area (Å²) in [5.41, 5.74) is 0.748. The summed E-state index contributed by atoms with van der Waals surface area (Å²) >= 11 is 0. The fraction of sp³-hybridized carbons (Fsp3) is 0.222. The Labute approximate surface area is 87.6 Å². The second-order valence-electron chi connectivity index (χ2n) is 2.89. The summed E-state index contributed by atoms with van der Waals surface area (Å²) in [5.74, 6) is 0. The molecule has 0 heterocycles. The average molecular weight is 230 g/mol. The van der Waals surface area contributed by atoms with Crippen molar-refractivity contribution in [1.82, 2.24) is 0 Å². The summed E-state index contributed by atoms with van der Waals surface area (Å²) in [7, 11) is -4.59. The maximum Gasteiger partial charge on any atom is 0.398 e. The first-order valence-corrected chi connectivity index (χ1v) is 5.52. The Bertz CT molecular complexity index is 411. The zero-order chi connectivity index (χ0) is 11.3. The predicted octanol–water partition coefficient (Wildman–Crippen LogP) is 0.616. The lowest BCUT2D eigenvalue weighted by atomic mass is 10.1. The van der Waals surface area contributed by atoms with Crippen LogP contribution in [-0.2, 0) is 25.8 Å². The van der Waals surface area contributed by atoms with Gasteiger partial charge < -0.3 is 4.79 Å². The Balaban J connectivity index is 2.67. The molecule has 1 aromatic rings. The van der Waals surface area contributed by atoms with E-state index < -0.39 is 16.5 Å². The Kier molecular flexibility index (Phi) is 3.96. The highest BCUT2D eigenvalue weighted by molar-refractivity contribution is 7.80. The SMILES string of the molecule is O=CC(Cc1ccccc1)OS(=O)(=O)O. The minimum Gasteiger partial charge on any atom is -0.300 e. The molecule has 0 bridgehead atoms. The second-order valence-corrected chi connectivity index (χ2v) is 3.94. The highest BCUT2D eigenvalue weighted by Gasteiger charge is 2.16. The van der Waals surface area contributed by atoms with Gasteiger partial charge in [0.25, 0.3) is 0 Å². The molecule has 1 aromatic carbocycles. The van der Waals surface area contributed by atoms with Crippen LogP contribution in [0.2, 0.25) is 0 Å². The lowest BCUT2D eigenvalue weighted by Crippen LogP contribution is -2.21. The molecule has 0 aliphatic rings. The molecule has 0 aliphatic carbocycles. The van der Waals surface area contributed by atoms with Crippen molar-refractivity contribution in [2.24, 2.45) is 0 Å². The van der Waals surface area contributed by atoms with Crippen molar-refractivity contribution in [3.8, 4) is 0 Å². The minimum atomic E-state index is -4.59. The second kappa shape index (κ2) is 5.01. The first-order chi connectivity index (χ1) is 7.01. The summed E-state index contributed by atoms with van der Waals surface area (Å²) in [6.45, 7) is 0. The molecule has 1 rings (SSSR count). The van der Waals surface area contributed by atoms with Crippen molar-refractivity contribution in [3.63, 3.8) is 0 Å². The van der Waals surface area contributed by atoms with E-state index >= 15 is 0 Å². The highest BCUT2D eigenvalue weighted by atomic mass is 32.3. The van der Waals surface area contributed by atoms with Crippen LogP contribution in [0.3, 0.4) is 0 Å². The van der Waals surface area contributed by atoms with Gasteiger partial charge in [0.15, 0.2) is 6.29 Å². The van der Waals surface area contributed by atoms with E-state index in [-0.39, 0.29) is 6.42 Å². The number of hydrogen-bond acceptors (Lipinski definition) is 4. The van der Waals surface area contributed by atoms with Crippen LogP contribution >= 0.6 is 0 Å².